The monoisotopic (exact) mass is 239 g/mol. The van der Waals surface area contributed by atoms with Crippen molar-refractivity contribution in [3.8, 4) is 0 Å². The molecule has 90 valence electrons. The van der Waals surface area contributed by atoms with Crippen molar-refractivity contribution in [2.45, 2.75) is 13.5 Å². The van der Waals surface area contributed by atoms with Crippen LogP contribution in [-0.2, 0) is 6.54 Å². The maximum Gasteiger partial charge on any atom is 0.180 e. The highest BCUT2D eigenvalue weighted by molar-refractivity contribution is 5.71. The summed E-state index contributed by atoms with van der Waals surface area (Å²) in [5.74, 6) is 0.774. The van der Waals surface area contributed by atoms with Crippen molar-refractivity contribution >= 4 is 17.0 Å². The molecule has 3 aromatic heterocycles. The van der Waals surface area contributed by atoms with Gasteiger partial charge in [0.05, 0.1) is 12.2 Å². The van der Waals surface area contributed by atoms with Gasteiger partial charge in [0.15, 0.2) is 5.65 Å². The molecule has 0 bridgehead atoms. The molecule has 18 heavy (non-hydrogen) atoms. The molecule has 0 aliphatic rings. The number of hydrogen-bond donors (Lipinski definition) is 2. The molecule has 0 spiro atoms. The van der Waals surface area contributed by atoms with E-state index in [2.05, 4.69) is 25.3 Å². The van der Waals surface area contributed by atoms with Crippen LogP contribution in [-0.4, -0.2) is 19.9 Å². The maximum absolute atomic E-state index is 4.48. The van der Waals surface area contributed by atoms with Gasteiger partial charge in [-0.05, 0) is 31.2 Å². The van der Waals surface area contributed by atoms with Crippen LogP contribution in [0.2, 0.25) is 0 Å². The Bertz CT molecular complexity index is 660. The molecule has 3 rings (SSSR count). The van der Waals surface area contributed by atoms with Gasteiger partial charge in [0.2, 0.25) is 0 Å². The van der Waals surface area contributed by atoms with Crippen molar-refractivity contribution in [3.05, 3.63) is 48.0 Å². The van der Waals surface area contributed by atoms with Crippen molar-refractivity contribution in [2.75, 3.05) is 5.32 Å². The number of fused-ring (bicyclic) bond motifs is 1. The zero-order chi connectivity index (χ0) is 12.4. The number of nitrogens with zero attached hydrogens (tertiary/aromatic N) is 3. The molecule has 5 heteroatoms. The first-order valence-corrected chi connectivity index (χ1v) is 5.78. The lowest BCUT2D eigenvalue weighted by Gasteiger charge is -2.07. The van der Waals surface area contributed by atoms with Gasteiger partial charge in [-0.25, -0.2) is 15.0 Å². The number of aromatic nitrogens is 4. The number of aromatic amines is 1. The third-order valence-corrected chi connectivity index (χ3v) is 2.72. The summed E-state index contributed by atoms with van der Waals surface area (Å²) in [7, 11) is 0. The molecule has 5 nitrogen and oxygen atoms in total. The van der Waals surface area contributed by atoms with Crippen LogP contribution < -0.4 is 5.32 Å². The van der Waals surface area contributed by atoms with Gasteiger partial charge in [-0.2, -0.15) is 0 Å². The fourth-order valence-corrected chi connectivity index (χ4v) is 1.81. The number of hydrogen-bond acceptors (Lipinski definition) is 4. The lowest BCUT2D eigenvalue weighted by atomic mass is 10.3. The van der Waals surface area contributed by atoms with Gasteiger partial charge in [-0.3, -0.25) is 0 Å². The van der Waals surface area contributed by atoms with Crippen LogP contribution in [0.5, 0.6) is 0 Å². The van der Waals surface area contributed by atoms with Gasteiger partial charge in [0, 0.05) is 18.1 Å². The van der Waals surface area contributed by atoms with E-state index in [0.717, 1.165) is 22.7 Å². The lowest BCUT2D eigenvalue weighted by Crippen LogP contribution is -2.05. The first-order chi connectivity index (χ1) is 8.83. The van der Waals surface area contributed by atoms with Crippen molar-refractivity contribution in [1.29, 1.82) is 0 Å². The van der Waals surface area contributed by atoms with E-state index in [-0.39, 0.29) is 0 Å². The van der Waals surface area contributed by atoms with Crippen LogP contribution >= 0.6 is 0 Å². The summed E-state index contributed by atoms with van der Waals surface area (Å²) < 4.78 is 0. The highest BCUT2D eigenvalue weighted by atomic mass is 15.1. The van der Waals surface area contributed by atoms with Gasteiger partial charge >= 0.3 is 0 Å². The molecule has 0 amide bonds. The average Bonchev–Trinajstić information content (AvgIpc) is 2.89. The molecule has 0 aliphatic heterocycles. The lowest BCUT2D eigenvalue weighted by molar-refractivity contribution is 1.03. The summed E-state index contributed by atoms with van der Waals surface area (Å²) in [4.78, 5) is 16.3. The first kappa shape index (κ1) is 10.7. The molecular weight excluding hydrogens is 226 g/mol. The Balaban J connectivity index is 1.89. The van der Waals surface area contributed by atoms with E-state index in [1.807, 2.05) is 37.4 Å². The quantitative estimate of drug-likeness (QED) is 0.735. The number of aryl methyl sites for hydroxylation is 1. The summed E-state index contributed by atoms with van der Waals surface area (Å²) in [6, 6.07) is 7.77. The minimum absolute atomic E-state index is 0.664. The van der Waals surface area contributed by atoms with Crippen molar-refractivity contribution < 1.29 is 0 Å². The van der Waals surface area contributed by atoms with Crippen LogP contribution in [0.3, 0.4) is 0 Å². The zero-order valence-corrected chi connectivity index (χ0v) is 10.0. The molecule has 3 aromatic rings. The number of anilines is 1. The Morgan fingerprint density at radius 3 is 3.00 bits per heavy atom. The Morgan fingerprint density at radius 2 is 2.17 bits per heavy atom. The van der Waals surface area contributed by atoms with Gasteiger partial charge in [-0.15, -0.1) is 0 Å². The second-order valence-electron chi connectivity index (χ2n) is 4.05. The SMILES string of the molecule is Cc1nc2cccnc2nc1NCc1ccc[nH]1. The number of nitrogens with one attached hydrogen (secondary N) is 2. The van der Waals surface area contributed by atoms with E-state index in [0.29, 0.717) is 12.2 Å². The largest absolute Gasteiger partial charge is 0.364 e. The fourth-order valence-electron chi connectivity index (χ4n) is 1.81. The fraction of sp³-hybridized carbons (Fsp3) is 0.154. The second kappa shape index (κ2) is 4.44. The topological polar surface area (TPSA) is 66.5 Å². The molecule has 3 heterocycles. The third kappa shape index (κ3) is 2.02. The van der Waals surface area contributed by atoms with Crippen LogP contribution in [0.4, 0.5) is 5.82 Å². The van der Waals surface area contributed by atoms with Gasteiger partial charge in [0.1, 0.15) is 11.3 Å². The van der Waals surface area contributed by atoms with E-state index >= 15 is 0 Å². The van der Waals surface area contributed by atoms with Crippen LogP contribution in [0, 0.1) is 6.92 Å². The molecule has 0 aromatic carbocycles. The number of H-pyrrole nitrogens is 1. The molecule has 0 aliphatic carbocycles. The number of rotatable bonds is 3. The normalized spacial score (nSPS) is 10.7. The summed E-state index contributed by atoms with van der Waals surface area (Å²) in [5.41, 5.74) is 3.47. The average molecular weight is 239 g/mol. The van der Waals surface area contributed by atoms with Gasteiger partial charge < -0.3 is 10.3 Å². The molecule has 0 fully saturated rings. The van der Waals surface area contributed by atoms with Crippen LogP contribution in [0.25, 0.3) is 11.2 Å². The van der Waals surface area contributed by atoms with Gasteiger partial charge in [0.25, 0.3) is 0 Å². The highest BCUT2D eigenvalue weighted by Gasteiger charge is 2.05. The molecule has 2 N–H and O–H groups in total. The molecule has 0 radical (unpaired) electrons. The smallest absolute Gasteiger partial charge is 0.180 e. The summed E-state index contributed by atoms with van der Waals surface area (Å²) in [6.07, 6.45) is 3.62. The summed E-state index contributed by atoms with van der Waals surface area (Å²) in [6.45, 7) is 2.64. The van der Waals surface area contributed by atoms with Crippen LogP contribution in [0.1, 0.15) is 11.4 Å². The van der Waals surface area contributed by atoms with E-state index in [4.69, 9.17) is 0 Å². The molecule has 0 atom stereocenters. The van der Waals surface area contributed by atoms with Crippen molar-refractivity contribution in [1.82, 2.24) is 19.9 Å². The summed E-state index contributed by atoms with van der Waals surface area (Å²) in [5, 5.41) is 3.26. The zero-order valence-electron chi connectivity index (χ0n) is 10.0. The first-order valence-electron chi connectivity index (χ1n) is 5.78. The maximum atomic E-state index is 4.48. The van der Waals surface area contributed by atoms with E-state index in [1.165, 1.54) is 0 Å². The standard InChI is InChI=1S/C13H13N5/c1-9-12(16-8-10-4-2-6-14-10)18-13-11(17-9)5-3-7-15-13/h2-7,14H,8H2,1H3,(H,15,16,18). The van der Waals surface area contributed by atoms with E-state index < -0.39 is 0 Å². The van der Waals surface area contributed by atoms with Crippen LogP contribution in [0.15, 0.2) is 36.7 Å². The Labute approximate surface area is 104 Å². The minimum Gasteiger partial charge on any atom is -0.364 e. The summed E-state index contributed by atoms with van der Waals surface area (Å²) >= 11 is 0. The van der Waals surface area contributed by atoms with Crippen molar-refractivity contribution in [2.24, 2.45) is 0 Å². The Kier molecular flexibility index (Phi) is 2.64. The van der Waals surface area contributed by atoms with E-state index in [1.54, 1.807) is 6.20 Å². The minimum atomic E-state index is 0.664. The molecule has 0 unspecified atom stereocenters. The molecular formula is C13H13N5. The second-order valence-corrected chi connectivity index (χ2v) is 4.05. The van der Waals surface area contributed by atoms with Crippen molar-refractivity contribution in [3.63, 3.8) is 0 Å². The predicted octanol–water partition coefficient (Wildman–Crippen LogP) is 2.27. The Morgan fingerprint density at radius 1 is 1.22 bits per heavy atom. The number of pyridine rings is 1. The molecule has 0 saturated heterocycles. The highest BCUT2D eigenvalue weighted by Crippen LogP contribution is 2.14. The Hall–Kier alpha value is -2.43. The predicted molar refractivity (Wildman–Crippen MR) is 70.2 cm³/mol. The molecule has 0 saturated carbocycles. The van der Waals surface area contributed by atoms with Gasteiger partial charge in [-0.1, -0.05) is 0 Å². The third-order valence-electron chi connectivity index (χ3n) is 2.72. The van der Waals surface area contributed by atoms with E-state index in [9.17, 15) is 0 Å².